The van der Waals surface area contributed by atoms with E-state index in [-0.39, 0.29) is 136 Å². The third-order valence-corrected chi connectivity index (χ3v) is 7.43. The number of anilines is 4. The summed E-state index contributed by atoms with van der Waals surface area (Å²) >= 11 is 0.370. The molecule has 2 aromatic heterocycles. The number of halogens is 2. The van der Waals surface area contributed by atoms with E-state index in [4.69, 9.17) is 11.5 Å². The van der Waals surface area contributed by atoms with Crippen molar-refractivity contribution in [2.45, 2.75) is 22.1 Å². The molecule has 0 spiro atoms. The summed E-state index contributed by atoms with van der Waals surface area (Å²) in [5.74, 6) is -2.28. The predicted octanol–water partition coefficient (Wildman–Crippen LogP) is -5.42. The second-order valence-electron chi connectivity index (χ2n) is 8.11. The van der Waals surface area contributed by atoms with Gasteiger partial charge in [-0.3, -0.25) is 5.04 Å². The zero-order chi connectivity index (χ0) is 32.9. The molecule has 0 bridgehead atoms. The summed E-state index contributed by atoms with van der Waals surface area (Å²) in [6, 6.07) is 7.72. The van der Waals surface area contributed by atoms with Gasteiger partial charge in [0.1, 0.15) is 48.8 Å². The molecule has 0 fully saturated rings. The largest absolute Gasteiger partial charge is 1.00 e. The summed E-state index contributed by atoms with van der Waals surface area (Å²) in [6.45, 7) is 0. The molecule has 2 aromatic carbocycles. The molecule has 0 aliphatic rings. The fourth-order valence-electron chi connectivity index (χ4n) is 3.28. The number of nitrogens with two attached hydrogens (primary N) is 2. The summed E-state index contributed by atoms with van der Waals surface area (Å²) in [6.07, 6.45) is -1.39. The number of nitrogen functional groups attached to an aromatic ring is 2. The van der Waals surface area contributed by atoms with Crippen LogP contribution in [0.15, 0.2) is 83.7 Å². The summed E-state index contributed by atoms with van der Waals surface area (Å²) in [7, 11) is -10.2. The van der Waals surface area contributed by atoms with E-state index in [1.165, 1.54) is 0 Å². The summed E-state index contributed by atoms with van der Waals surface area (Å²) in [5, 5.41) is 30.8. The number of hydrogen-bond donors (Lipinski definition) is 3. The Balaban J connectivity index is 0.00000576. The number of hydrogen-bond acceptors (Lipinski definition) is 20. The maximum atomic E-state index is 13.4. The number of azo groups is 2. The van der Waals surface area contributed by atoms with Crippen LogP contribution in [0.4, 0.5) is 54.7 Å². The minimum atomic E-state index is -5.12. The zero-order valence-corrected chi connectivity index (χ0v) is 33.0. The van der Waals surface area contributed by atoms with Gasteiger partial charge in [0, 0.05) is 22.7 Å². The number of nitrogens with one attached hydrogen (secondary N) is 1. The minimum Gasteiger partial charge on any atom is -0.744 e. The Morgan fingerprint density at radius 3 is 1.76 bits per heavy atom. The van der Waals surface area contributed by atoms with Gasteiger partial charge in [-0.1, -0.05) is 7.43 Å². The molecule has 4 rings (SSSR count). The van der Waals surface area contributed by atoms with Crippen molar-refractivity contribution in [1.29, 1.82) is 0 Å². The van der Waals surface area contributed by atoms with Crippen LogP contribution in [0.2, 0.25) is 0 Å². The van der Waals surface area contributed by atoms with E-state index in [0.717, 1.165) is 48.5 Å². The van der Waals surface area contributed by atoms with Gasteiger partial charge in [0.05, 0.1) is 21.8 Å². The molecule has 5 N–H and O–H groups in total. The van der Waals surface area contributed by atoms with E-state index in [0.29, 0.717) is 12.0 Å². The van der Waals surface area contributed by atoms with Crippen molar-refractivity contribution < 1.29 is 138 Å². The van der Waals surface area contributed by atoms with Crippen molar-refractivity contribution >= 4 is 78.2 Å². The first-order valence-electron chi connectivity index (χ1n) is 11.3. The fraction of sp³-hybridized carbons (Fsp3) is 0.0455. The fourth-order valence-corrected chi connectivity index (χ4v) is 4.85. The van der Waals surface area contributed by atoms with Crippen molar-refractivity contribution in [2.75, 3.05) is 16.8 Å². The molecule has 0 radical (unpaired) electrons. The Hall–Kier alpha value is -1.82. The van der Waals surface area contributed by atoms with Gasteiger partial charge in [-0.05, 0) is 36.4 Å². The monoisotopic (exact) mass is 768 g/mol. The molecule has 4 aromatic rings. The standard InChI is InChI=1S/C21H16F2N10O9S3.CH4.3Na/c22-17-8-18(28-21(23)27-17)26-9-1-3-15(44(35,36)37)11(5-9)30-32-13-7-14(20(25)29-19(13)24)33-31-12-6-10(43-42-41-34)2-4-16(12)45(38,39)40;;;;/h1-8,34H,(H4,24,25,29)(H,26,27,28)(H,35,36,37)(H,38,39,40);1H4;;;/q;;3*+1/p-3. The molecule has 0 saturated heterocycles. The Kier molecular flexibility index (Phi) is 19.5. The van der Waals surface area contributed by atoms with Crippen LogP contribution in [0.3, 0.4) is 0 Å². The van der Waals surface area contributed by atoms with Crippen molar-refractivity contribution in [3.63, 3.8) is 0 Å². The van der Waals surface area contributed by atoms with Crippen molar-refractivity contribution in [3.8, 4) is 0 Å². The SMILES string of the molecule is C.Nc1nc(N)c(N=Nc2cc(SOO[O-])ccc2S(=O)(=O)[O-])cc1N=Nc1cc(Nc2cc(F)nc(F)n2)ccc1S(=O)(=O)[O-].[Na+].[Na+].[Na+]. The third kappa shape index (κ3) is 13.3. The molecule has 0 aliphatic heterocycles. The van der Waals surface area contributed by atoms with Crippen LogP contribution in [0.25, 0.3) is 0 Å². The maximum absolute atomic E-state index is 13.4. The van der Waals surface area contributed by atoms with Crippen molar-refractivity contribution in [2.24, 2.45) is 20.5 Å². The molecule has 49 heavy (non-hydrogen) atoms. The van der Waals surface area contributed by atoms with E-state index in [9.17, 15) is 40.0 Å². The first kappa shape index (κ1) is 47.2. The minimum absolute atomic E-state index is 0. The normalized spacial score (nSPS) is 11.3. The van der Waals surface area contributed by atoms with Crippen LogP contribution in [0.1, 0.15) is 7.43 Å². The molecule has 244 valence electrons. The van der Waals surface area contributed by atoms with Crippen LogP contribution >= 0.6 is 12.0 Å². The van der Waals surface area contributed by atoms with E-state index in [1.54, 1.807) is 0 Å². The van der Waals surface area contributed by atoms with Crippen molar-refractivity contribution in [3.05, 3.63) is 60.6 Å². The molecule has 27 heteroatoms. The smallest absolute Gasteiger partial charge is 0.744 e. The van der Waals surface area contributed by atoms with Crippen LogP contribution in [-0.2, 0) is 29.6 Å². The Bertz CT molecular complexity index is 2050. The summed E-state index contributed by atoms with van der Waals surface area (Å²) in [4.78, 5) is 8.43. The number of rotatable bonds is 11. The average Bonchev–Trinajstić information content (AvgIpc) is 2.93. The number of pyridine rings is 1. The molecular formula is C22H17F2N10Na3O9S3. The van der Waals surface area contributed by atoms with E-state index < -0.39 is 53.4 Å². The van der Waals surface area contributed by atoms with Crippen LogP contribution in [0.5, 0.6) is 0 Å². The quantitative estimate of drug-likeness (QED) is 0.0187. The number of nitrogens with zero attached hydrogens (tertiary/aromatic N) is 7. The van der Waals surface area contributed by atoms with Crippen LogP contribution in [0, 0.1) is 12.0 Å². The summed E-state index contributed by atoms with van der Waals surface area (Å²) < 4.78 is 101. The molecule has 0 aliphatic carbocycles. The summed E-state index contributed by atoms with van der Waals surface area (Å²) in [5.41, 5.74) is 9.98. The Morgan fingerprint density at radius 1 is 0.735 bits per heavy atom. The molecule has 0 atom stereocenters. The topological polar surface area (TPSA) is 308 Å². The van der Waals surface area contributed by atoms with Gasteiger partial charge >= 0.3 is 94.8 Å². The van der Waals surface area contributed by atoms with E-state index >= 15 is 0 Å². The number of benzene rings is 2. The van der Waals surface area contributed by atoms with E-state index in [1.807, 2.05) is 0 Å². The zero-order valence-electron chi connectivity index (χ0n) is 24.6. The van der Waals surface area contributed by atoms with Crippen LogP contribution < -0.4 is 111 Å². The van der Waals surface area contributed by atoms with Crippen molar-refractivity contribution in [1.82, 2.24) is 15.0 Å². The van der Waals surface area contributed by atoms with Gasteiger partial charge in [0.25, 0.3) is 0 Å². The predicted molar refractivity (Wildman–Crippen MR) is 150 cm³/mol. The van der Waals surface area contributed by atoms with Gasteiger partial charge in [-0.25, -0.2) is 21.8 Å². The Labute approximate surface area is 347 Å². The van der Waals surface area contributed by atoms with Gasteiger partial charge in [0.15, 0.2) is 11.6 Å². The third-order valence-electron chi connectivity index (χ3n) is 5.10. The molecule has 0 amide bonds. The van der Waals surface area contributed by atoms with E-state index in [2.05, 4.69) is 50.1 Å². The second kappa shape index (κ2) is 20.3. The average molecular weight is 769 g/mol. The molecule has 2 heterocycles. The van der Waals surface area contributed by atoms with Gasteiger partial charge < -0.3 is 31.1 Å². The van der Waals surface area contributed by atoms with Crippen LogP contribution in [-0.4, -0.2) is 40.9 Å². The molecule has 19 nitrogen and oxygen atoms in total. The van der Waals surface area contributed by atoms with Gasteiger partial charge in [0.2, 0.25) is 5.95 Å². The Morgan fingerprint density at radius 2 is 1.24 bits per heavy atom. The first-order valence-corrected chi connectivity index (χ1v) is 14.9. The number of aromatic nitrogens is 3. The second-order valence-corrected chi connectivity index (χ2v) is 11.6. The van der Waals surface area contributed by atoms with Gasteiger partial charge in [-0.2, -0.15) is 23.1 Å². The first-order chi connectivity index (χ1) is 21.1. The molecule has 0 unspecified atom stereocenters. The van der Waals surface area contributed by atoms with Gasteiger partial charge in [-0.15, -0.1) is 20.5 Å². The maximum Gasteiger partial charge on any atom is 1.00 e. The molecular weight excluding hydrogens is 751 g/mol. The molecule has 0 saturated carbocycles.